The van der Waals surface area contributed by atoms with Gasteiger partial charge in [-0.3, -0.25) is 9.69 Å². The van der Waals surface area contributed by atoms with Crippen LogP contribution in [0.1, 0.15) is 68.1 Å². The highest BCUT2D eigenvalue weighted by Gasteiger charge is 2.39. The average molecular weight is 483 g/mol. The molecule has 0 spiro atoms. The predicted octanol–water partition coefficient (Wildman–Crippen LogP) is 5.74. The smallest absolute Gasteiger partial charge is 0.309 e. The molecule has 2 aromatic rings. The van der Waals surface area contributed by atoms with E-state index in [1.165, 1.54) is 5.56 Å². The number of hydrogen-bond donors (Lipinski definition) is 2. The molecule has 2 unspecified atom stereocenters. The first kappa shape index (κ1) is 24.7. The van der Waals surface area contributed by atoms with E-state index in [9.17, 15) is 15.0 Å². The molecule has 34 heavy (non-hydrogen) atoms. The molecule has 0 amide bonds. The van der Waals surface area contributed by atoms with Gasteiger partial charge in [-0.1, -0.05) is 62.3 Å². The van der Waals surface area contributed by atoms with Crippen LogP contribution in [0, 0.1) is 11.3 Å². The van der Waals surface area contributed by atoms with Gasteiger partial charge >= 0.3 is 5.97 Å². The zero-order chi connectivity index (χ0) is 24.3. The number of rotatable bonds is 8. The molecule has 0 bridgehead atoms. The van der Waals surface area contributed by atoms with Crippen LogP contribution in [0.4, 0.5) is 0 Å². The molecule has 0 saturated carbocycles. The maximum atomic E-state index is 11.7. The molecule has 4 rings (SSSR count). The molecular formula is C27H35N2O4P. The molecule has 7 heteroatoms. The van der Waals surface area contributed by atoms with E-state index in [-0.39, 0.29) is 5.85 Å². The number of benzene rings is 2. The Kier molecular flexibility index (Phi) is 7.59. The van der Waals surface area contributed by atoms with E-state index < -0.39 is 11.4 Å². The Balaban J connectivity index is 1.33. The first-order valence-electron chi connectivity index (χ1n) is 12.2. The van der Waals surface area contributed by atoms with Crippen LogP contribution in [0.3, 0.4) is 0 Å². The molecule has 2 aliphatic heterocycles. The molecule has 1 saturated heterocycles. The Hall–Kier alpha value is -2.43. The monoisotopic (exact) mass is 482 g/mol. The van der Waals surface area contributed by atoms with Crippen LogP contribution in [0.2, 0.25) is 0 Å². The maximum Gasteiger partial charge on any atom is 0.309 e. The zero-order valence-corrected chi connectivity index (χ0v) is 21.3. The van der Waals surface area contributed by atoms with Crippen molar-refractivity contribution in [1.29, 1.82) is 0 Å². The van der Waals surface area contributed by atoms with Crippen LogP contribution in [0.25, 0.3) is 0 Å². The van der Waals surface area contributed by atoms with E-state index in [1.54, 1.807) is 0 Å². The number of phenols is 1. The lowest BCUT2D eigenvalue weighted by Crippen LogP contribution is -2.43. The molecule has 182 valence electrons. The molecule has 0 aromatic heterocycles. The maximum absolute atomic E-state index is 11.7. The van der Waals surface area contributed by atoms with Gasteiger partial charge in [0.1, 0.15) is 11.2 Å². The number of aromatic hydroxyl groups is 1. The highest BCUT2D eigenvalue weighted by Crippen LogP contribution is 2.45. The summed E-state index contributed by atoms with van der Waals surface area (Å²) in [6.07, 6.45) is 2.96. The van der Waals surface area contributed by atoms with Gasteiger partial charge in [0.15, 0.2) is 5.85 Å². The summed E-state index contributed by atoms with van der Waals surface area (Å²) in [5.74, 6) is 0.00738. The van der Waals surface area contributed by atoms with E-state index >= 15 is 0 Å². The number of carboxylic acids is 1. The summed E-state index contributed by atoms with van der Waals surface area (Å²) in [4.78, 5) is 19.7. The van der Waals surface area contributed by atoms with Gasteiger partial charge in [0.2, 0.25) is 0 Å². The molecule has 0 radical (unpaired) electrons. The van der Waals surface area contributed by atoms with Crippen molar-refractivity contribution in [2.45, 2.75) is 58.8 Å². The first-order chi connectivity index (χ1) is 16.3. The predicted molar refractivity (Wildman–Crippen MR) is 137 cm³/mol. The molecule has 0 aliphatic carbocycles. The van der Waals surface area contributed by atoms with Gasteiger partial charge in [0.25, 0.3) is 0 Å². The van der Waals surface area contributed by atoms with Gasteiger partial charge in [0.05, 0.1) is 5.41 Å². The van der Waals surface area contributed by atoms with Crippen molar-refractivity contribution in [1.82, 2.24) is 4.90 Å². The van der Waals surface area contributed by atoms with Crippen LogP contribution in [0.5, 0.6) is 5.75 Å². The minimum absolute atomic E-state index is 0.157. The number of likely N-dealkylation sites (tertiary alicyclic amines) is 1. The van der Waals surface area contributed by atoms with Crippen molar-refractivity contribution >= 4 is 20.0 Å². The summed E-state index contributed by atoms with van der Waals surface area (Å²) in [5.41, 5.74) is 4.58. The Morgan fingerprint density at radius 2 is 1.91 bits per heavy atom. The second kappa shape index (κ2) is 10.5. The molecule has 2 aromatic carbocycles. The molecule has 2 aliphatic rings. The number of phenolic OH excluding ortho intramolecular Hbond substituents is 1. The van der Waals surface area contributed by atoms with E-state index in [0.717, 1.165) is 48.2 Å². The summed E-state index contributed by atoms with van der Waals surface area (Å²) in [6.45, 7) is 8.72. The van der Waals surface area contributed by atoms with Crippen LogP contribution in [-0.4, -0.2) is 39.6 Å². The Morgan fingerprint density at radius 1 is 1.21 bits per heavy atom. The number of hydrogen-bond acceptors (Lipinski definition) is 5. The minimum Gasteiger partial charge on any atom is -0.508 e. The van der Waals surface area contributed by atoms with Crippen molar-refractivity contribution in [2.75, 3.05) is 13.1 Å². The minimum atomic E-state index is -0.653. The topological polar surface area (TPSA) is 82.4 Å². The Bertz CT molecular complexity index is 1040. The SMILES string of the molecule is CCC1(C(=O)O)CCN(Cc2ccc(C3=NOC(c4ccc(CC(C)C)c(O)c4)P3)cc2)CC1. The number of nitrogens with zero attached hydrogens (tertiary/aromatic N) is 2. The average Bonchev–Trinajstić information content (AvgIpc) is 3.31. The third kappa shape index (κ3) is 5.45. The third-order valence-corrected chi connectivity index (χ3v) is 8.49. The number of carbonyl (C=O) groups is 1. The van der Waals surface area contributed by atoms with Gasteiger partial charge in [0, 0.05) is 17.7 Å². The van der Waals surface area contributed by atoms with Crippen molar-refractivity contribution in [3.63, 3.8) is 0 Å². The summed E-state index contributed by atoms with van der Waals surface area (Å²) >= 11 is 0. The second-order valence-electron chi connectivity index (χ2n) is 9.97. The van der Waals surface area contributed by atoms with Gasteiger partial charge < -0.3 is 15.1 Å². The highest BCUT2D eigenvalue weighted by molar-refractivity contribution is 7.59. The fourth-order valence-corrected chi connectivity index (χ4v) is 5.94. The lowest BCUT2D eigenvalue weighted by atomic mass is 9.76. The van der Waals surface area contributed by atoms with Gasteiger partial charge in [-0.05, 0) is 70.5 Å². The van der Waals surface area contributed by atoms with Gasteiger partial charge in [-0.2, -0.15) is 0 Å². The van der Waals surface area contributed by atoms with Crippen molar-refractivity contribution in [3.05, 3.63) is 64.7 Å². The van der Waals surface area contributed by atoms with Crippen molar-refractivity contribution < 1.29 is 19.8 Å². The molecule has 2 atom stereocenters. The fourth-order valence-electron chi connectivity index (χ4n) is 4.80. The lowest BCUT2D eigenvalue weighted by Gasteiger charge is -2.38. The van der Waals surface area contributed by atoms with Crippen LogP contribution < -0.4 is 0 Å². The fraction of sp³-hybridized carbons (Fsp3) is 0.481. The molecule has 2 heterocycles. The van der Waals surface area contributed by atoms with E-state index in [0.29, 0.717) is 39.5 Å². The van der Waals surface area contributed by atoms with Crippen LogP contribution in [0.15, 0.2) is 47.6 Å². The summed E-state index contributed by atoms with van der Waals surface area (Å²) in [5, 5.41) is 24.3. The number of carboxylic acid groups (broad SMARTS) is 1. The number of piperidine rings is 1. The summed E-state index contributed by atoms with van der Waals surface area (Å²) < 4.78 is 0. The van der Waals surface area contributed by atoms with Gasteiger partial charge in [-0.15, -0.1) is 0 Å². The second-order valence-corrected chi connectivity index (χ2v) is 11.3. The van der Waals surface area contributed by atoms with Gasteiger partial charge in [-0.25, -0.2) is 0 Å². The Morgan fingerprint density at radius 3 is 2.50 bits per heavy atom. The number of aliphatic carboxylic acids is 1. The van der Waals surface area contributed by atoms with Crippen molar-refractivity contribution in [3.8, 4) is 5.75 Å². The number of oxime groups is 1. The molecule has 1 fully saturated rings. The van der Waals surface area contributed by atoms with Crippen molar-refractivity contribution in [2.24, 2.45) is 16.5 Å². The molecule has 6 nitrogen and oxygen atoms in total. The van der Waals surface area contributed by atoms with Crippen LogP contribution >= 0.6 is 8.58 Å². The Labute approximate surface area is 203 Å². The van der Waals surface area contributed by atoms with E-state index in [2.05, 4.69) is 48.2 Å². The summed E-state index contributed by atoms with van der Waals surface area (Å²) in [7, 11) is 0.378. The highest BCUT2D eigenvalue weighted by atomic mass is 31.1. The first-order valence-corrected chi connectivity index (χ1v) is 13.2. The normalized spacial score (nSPS) is 20.9. The third-order valence-electron chi connectivity index (χ3n) is 7.13. The van der Waals surface area contributed by atoms with E-state index in [1.807, 2.05) is 25.1 Å². The largest absolute Gasteiger partial charge is 0.508 e. The standard InChI is InChI=1S/C27H35N2O4P/c1-4-27(26(31)32)11-13-29(14-12-27)17-19-5-7-20(8-6-19)24-28-33-25(34-24)22-10-9-21(15-18(2)3)23(30)16-22/h5-10,16,18,25,30,34H,4,11-15,17H2,1-3H3,(H,31,32). The van der Waals surface area contributed by atoms with E-state index in [4.69, 9.17) is 4.84 Å². The quantitative estimate of drug-likeness (QED) is 0.469. The summed E-state index contributed by atoms with van der Waals surface area (Å²) in [6, 6.07) is 14.3. The lowest BCUT2D eigenvalue weighted by molar-refractivity contribution is -0.152. The molecular weight excluding hydrogens is 447 g/mol. The molecule has 2 N–H and O–H groups in total. The van der Waals surface area contributed by atoms with Crippen LogP contribution in [-0.2, 0) is 22.6 Å². The zero-order valence-electron chi connectivity index (χ0n) is 20.3.